The molecule has 5 nitrogen and oxygen atoms in total. The van der Waals surface area contributed by atoms with Crippen molar-refractivity contribution in [1.82, 2.24) is 5.32 Å². The van der Waals surface area contributed by atoms with E-state index in [1.807, 2.05) is 0 Å². The molecule has 2 atom stereocenters. The van der Waals surface area contributed by atoms with Crippen molar-refractivity contribution < 1.29 is 28.6 Å². The first-order chi connectivity index (χ1) is 9.23. The second-order valence-corrected chi connectivity index (χ2v) is 4.36. The van der Waals surface area contributed by atoms with E-state index in [9.17, 15) is 28.6 Å². The normalized spacial score (nSPS) is 13.7. The van der Waals surface area contributed by atoms with Gasteiger partial charge in [0, 0.05) is 25.1 Å². The number of nitrogens with one attached hydrogen (secondary N) is 1. The van der Waals surface area contributed by atoms with E-state index >= 15 is 0 Å². The van der Waals surface area contributed by atoms with Gasteiger partial charge in [-0.05, 0) is 13.0 Å². The Bertz CT molecular complexity index is 533. The first-order valence-corrected chi connectivity index (χ1v) is 5.84. The fourth-order valence-electron chi connectivity index (χ4n) is 1.63. The highest BCUT2D eigenvalue weighted by molar-refractivity contribution is 5.94. The van der Waals surface area contributed by atoms with Gasteiger partial charge in [-0.25, -0.2) is 8.78 Å². The number of carbonyl (C=O) groups is 2. The topological polar surface area (TPSA) is 86.6 Å². The second-order valence-electron chi connectivity index (χ2n) is 4.36. The lowest BCUT2D eigenvalue weighted by Crippen LogP contribution is -2.34. The SMILES string of the molecule is CC(=O)NCC(O)C(O)c1cc(C(C)=O)c(F)cc1F. The number of Topliss-reactive ketones (excluding diaryl/α,β-unsaturated/α-hetero) is 1. The highest BCUT2D eigenvalue weighted by atomic mass is 19.1. The number of rotatable bonds is 5. The molecule has 3 N–H and O–H groups in total. The Kier molecular flexibility index (Phi) is 5.29. The summed E-state index contributed by atoms with van der Waals surface area (Å²) in [5, 5.41) is 21.7. The Morgan fingerprint density at radius 3 is 2.30 bits per heavy atom. The number of hydrogen-bond acceptors (Lipinski definition) is 4. The third-order valence-electron chi connectivity index (χ3n) is 2.71. The first-order valence-electron chi connectivity index (χ1n) is 5.84. The number of benzene rings is 1. The molecule has 7 heteroatoms. The average Bonchev–Trinajstić information content (AvgIpc) is 2.34. The molecule has 20 heavy (non-hydrogen) atoms. The summed E-state index contributed by atoms with van der Waals surface area (Å²) in [5.74, 6) is -3.18. The van der Waals surface area contributed by atoms with Crippen molar-refractivity contribution in [2.45, 2.75) is 26.1 Å². The van der Waals surface area contributed by atoms with Crippen LogP contribution in [0.15, 0.2) is 12.1 Å². The van der Waals surface area contributed by atoms with Crippen molar-refractivity contribution in [3.8, 4) is 0 Å². The van der Waals surface area contributed by atoms with E-state index in [-0.39, 0.29) is 12.1 Å². The van der Waals surface area contributed by atoms with Crippen LogP contribution < -0.4 is 5.32 Å². The quantitative estimate of drug-likeness (QED) is 0.696. The van der Waals surface area contributed by atoms with Gasteiger partial charge in [0.2, 0.25) is 5.91 Å². The van der Waals surface area contributed by atoms with Gasteiger partial charge in [0.15, 0.2) is 5.78 Å². The summed E-state index contributed by atoms with van der Waals surface area (Å²) in [6.07, 6.45) is -3.18. The Labute approximate surface area is 114 Å². The predicted octanol–water partition coefficient (Wildman–Crippen LogP) is 0.698. The second kappa shape index (κ2) is 6.53. The lowest BCUT2D eigenvalue weighted by atomic mass is 9.99. The molecule has 0 saturated heterocycles. The number of ketones is 1. The third kappa shape index (κ3) is 3.82. The summed E-state index contributed by atoms with van der Waals surface area (Å²) in [6.45, 7) is 2.01. The number of aliphatic hydroxyl groups excluding tert-OH is 2. The highest BCUT2D eigenvalue weighted by Gasteiger charge is 2.24. The van der Waals surface area contributed by atoms with Crippen LogP contribution in [0.2, 0.25) is 0 Å². The van der Waals surface area contributed by atoms with Crippen molar-refractivity contribution in [2.75, 3.05) is 6.54 Å². The molecule has 0 aliphatic heterocycles. The van der Waals surface area contributed by atoms with Crippen LogP contribution in [0.5, 0.6) is 0 Å². The Balaban J connectivity index is 3.02. The molecule has 0 radical (unpaired) electrons. The van der Waals surface area contributed by atoms with Crippen LogP contribution in [0.1, 0.15) is 35.9 Å². The smallest absolute Gasteiger partial charge is 0.216 e. The van der Waals surface area contributed by atoms with Gasteiger partial charge in [0.1, 0.15) is 23.8 Å². The van der Waals surface area contributed by atoms with E-state index in [0.717, 1.165) is 13.0 Å². The minimum absolute atomic E-state index is 0.303. The molecule has 1 amide bonds. The number of carbonyl (C=O) groups excluding carboxylic acids is 2. The van der Waals surface area contributed by atoms with Gasteiger partial charge >= 0.3 is 0 Å². The fraction of sp³-hybridized carbons (Fsp3) is 0.385. The van der Waals surface area contributed by atoms with Crippen molar-refractivity contribution in [2.24, 2.45) is 0 Å². The number of hydrogen-bond donors (Lipinski definition) is 3. The zero-order chi connectivity index (χ0) is 15.4. The maximum Gasteiger partial charge on any atom is 0.216 e. The molecule has 0 saturated carbocycles. The summed E-state index contributed by atoms with van der Waals surface area (Å²) in [6, 6.07) is 1.33. The van der Waals surface area contributed by atoms with Crippen LogP contribution >= 0.6 is 0 Å². The van der Waals surface area contributed by atoms with E-state index in [1.54, 1.807) is 0 Å². The molecule has 0 fully saturated rings. The number of halogens is 2. The summed E-state index contributed by atoms with van der Waals surface area (Å²) in [4.78, 5) is 21.9. The predicted molar refractivity (Wildman–Crippen MR) is 66.0 cm³/mol. The average molecular weight is 287 g/mol. The van der Waals surface area contributed by atoms with E-state index in [0.29, 0.717) is 6.07 Å². The maximum atomic E-state index is 13.6. The van der Waals surface area contributed by atoms with Gasteiger partial charge in [-0.3, -0.25) is 9.59 Å². The summed E-state index contributed by atoms with van der Waals surface area (Å²) in [5.41, 5.74) is -0.790. The Morgan fingerprint density at radius 2 is 1.80 bits per heavy atom. The highest BCUT2D eigenvalue weighted by Crippen LogP contribution is 2.24. The molecule has 1 rings (SSSR count). The van der Waals surface area contributed by atoms with Crippen molar-refractivity contribution >= 4 is 11.7 Å². The van der Waals surface area contributed by atoms with Crippen molar-refractivity contribution in [1.29, 1.82) is 0 Å². The summed E-state index contributed by atoms with van der Waals surface area (Å²) >= 11 is 0. The van der Waals surface area contributed by atoms with Gasteiger partial charge < -0.3 is 15.5 Å². The van der Waals surface area contributed by atoms with E-state index in [4.69, 9.17) is 0 Å². The van der Waals surface area contributed by atoms with Gasteiger partial charge in [-0.1, -0.05) is 0 Å². The van der Waals surface area contributed by atoms with Crippen molar-refractivity contribution in [3.05, 3.63) is 34.9 Å². The molecule has 0 spiro atoms. The van der Waals surface area contributed by atoms with Crippen LogP contribution in [0.25, 0.3) is 0 Å². The van der Waals surface area contributed by atoms with Crippen LogP contribution in [0.4, 0.5) is 8.78 Å². The standard InChI is InChI=1S/C13H15F2NO4/c1-6(17)8-3-9(11(15)4-10(8)14)13(20)12(19)5-16-7(2)18/h3-4,12-13,19-20H,5H2,1-2H3,(H,16,18). The fourth-order valence-corrected chi connectivity index (χ4v) is 1.63. The summed E-state index contributed by atoms with van der Waals surface area (Å²) in [7, 11) is 0. The molecule has 1 aromatic rings. The molecule has 0 aliphatic carbocycles. The maximum absolute atomic E-state index is 13.6. The van der Waals surface area contributed by atoms with Crippen LogP contribution in [0.3, 0.4) is 0 Å². The van der Waals surface area contributed by atoms with Gasteiger partial charge in [0.05, 0.1) is 5.56 Å². The first kappa shape index (κ1) is 16.2. The lowest BCUT2D eigenvalue weighted by Gasteiger charge is -2.19. The zero-order valence-electron chi connectivity index (χ0n) is 11.0. The Hall–Kier alpha value is -1.86. The third-order valence-corrected chi connectivity index (χ3v) is 2.71. The summed E-state index contributed by atoms with van der Waals surface area (Å²) < 4.78 is 26.9. The van der Waals surface area contributed by atoms with E-state index in [2.05, 4.69) is 5.32 Å². The largest absolute Gasteiger partial charge is 0.388 e. The van der Waals surface area contributed by atoms with Gasteiger partial charge in [0.25, 0.3) is 0 Å². The van der Waals surface area contributed by atoms with Crippen molar-refractivity contribution in [3.63, 3.8) is 0 Å². The molecule has 0 aromatic heterocycles. The Morgan fingerprint density at radius 1 is 1.20 bits per heavy atom. The van der Waals surface area contributed by atoms with E-state index in [1.165, 1.54) is 6.92 Å². The molecular weight excluding hydrogens is 272 g/mol. The van der Waals surface area contributed by atoms with Crippen LogP contribution in [0, 0.1) is 11.6 Å². The number of aliphatic hydroxyl groups is 2. The molecule has 110 valence electrons. The van der Waals surface area contributed by atoms with Crippen LogP contribution in [-0.2, 0) is 4.79 Å². The molecule has 0 aliphatic rings. The minimum Gasteiger partial charge on any atom is -0.388 e. The lowest BCUT2D eigenvalue weighted by molar-refractivity contribution is -0.119. The molecule has 2 unspecified atom stereocenters. The van der Waals surface area contributed by atoms with E-state index < -0.39 is 41.1 Å². The molecule has 1 aromatic carbocycles. The minimum atomic E-state index is -1.69. The number of amides is 1. The zero-order valence-corrected chi connectivity index (χ0v) is 11.0. The van der Waals surface area contributed by atoms with Crippen LogP contribution in [-0.4, -0.2) is 34.6 Å². The van der Waals surface area contributed by atoms with Gasteiger partial charge in [-0.15, -0.1) is 0 Å². The molecule has 0 bridgehead atoms. The molecule has 0 heterocycles. The van der Waals surface area contributed by atoms with Gasteiger partial charge in [-0.2, -0.15) is 0 Å². The molecular formula is C13H15F2NO4. The monoisotopic (exact) mass is 287 g/mol.